The van der Waals surface area contributed by atoms with Crippen LogP contribution in [0.3, 0.4) is 0 Å². The van der Waals surface area contributed by atoms with E-state index in [-0.39, 0.29) is 23.5 Å². The van der Waals surface area contributed by atoms with Crippen LogP contribution < -0.4 is 10.1 Å². The van der Waals surface area contributed by atoms with Crippen molar-refractivity contribution in [1.29, 1.82) is 0 Å². The summed E-state index contributed by atoms with van der Waals surface area (Å²) in [6, 6.07) is 3.71. The highest BCUT2D eigenvalue weighted by Gasteiger charge is 2.16. The number of non-ortho nitro benzene ring substituents is 1. The lowest BCUT2D eigenvalue weighted by molar-refractivity contribution is -0.384. The summed E-state index contributed by atoms with van der Waals surface area (Å²) in [4.78, 5) is 21.8. The van der Waals surface area contributed by atoms with Gasteiger partial charge in [0, 0.05) is 12.6 Å². The van der Waals surface area contributed by atoms with Crippen molar-refractivity contribution in [2.24, 2.45) is 0 Å². The molecule has 0 fully saturated rings. The Morgan fingerprint density at radius 2 is 2.28 bits per heavy atom. The van der Waals surface area contributed by atoms with Crippen molar-refractivity contribution in [3.63, 3.8) is 0 Å². The Hall–Kier alpha value is -2.15. The SMILES string of the molecule is COc1cc([N+](=O)[O-])ccc1C(=O)NC[C@@H](C)O. The molecule has 1 aromatic carbocycles. The molecule has 1 aromatic rings. The number of methoxy groups -OCH3 is 1. The zero-order valence-electron chi connectivity index (χ0n) is 10.0. The van der Waals surface area contributed by atoms with E-state index in [1.54, 1.807) is 0 Å². The molecule has 2 N–H and O–H groups in total. The molecule has 0 spiro atoms. The molecule has 7 heteroatoms. The highest BCUT2D eigenvalue weighted by molar-refractivity contribution is 5.97. The quantitative estimate of drug-likeness (QED) is 0.595. The third-order valence-electron chi connectivity index (χ3n) is 2.20. The molecule has 0 saturated carbocycles. The number of amides is 1. The summed E-state index contributed by atoms with van der Waals surface area (Å²) in [7, 11) is 1.32. The average molecular weight is 254 g/mol. The number of aliphatic hydroxyl groups excluding tert-OH is 1. The largest absolute Gasteiger partial charge is 0.496 e. The van der Waals surface area contributed by atoms with Gasteiger partial charge in [-0.1, -0.05) is 0 Å². The fourth-order valence-corrected chi connectivity index (χ4v) is 1.32. The zero-order valence-corrected chi connectivity index (χ0v) is 10.0. The van der Waals surface area contributed by atoms with Crippen molar-refractivity contribution in [2.75, 3.05) is 13.7 Å². The Balaban J connectivity index is 2.95. The first-order chi connectivity index (χ1) is 8.45. The predicted molar refractivity (Wildman–Crippen MR) is 63.7 cm³/mol. The molecule has 1 rings (SSSR count). The van der Waals surface area contributed by atoms with Gasteiger partial charge in [0.1, 0.15) is 5.75 Å². The average Bonchev–Trinajstić information content (AvgIpc) is 2.34. The number of aliphatic hydroxyl groups is 1. The maximum absolute atomic E-state index is 11.7. The third-order valence-corrected chi connectivity index (χ3v) is 2.20. The van der Waals surface area contributed by atoms with Crippen LogP contribution in [-0.4, -0.2) is 35.7 Å². The molecule has 0 heterocycles. The van der Waals surface area contributed by atoms with Crippen LogP contribution in [0.25, 0.3) is 0 Å². The van der Waals surface area contributed by atoms with E-state index in [4.69, 9.17) is 9.84 Å². The summed E-state index contributed by atoms with van der Waals surface area (Å²) in [6.45, 7) is 1.63. The van der Waals surface area contributed by atoms with Gasteiger partial charge in [0.25, 0.3) is 11.6 Å². The van der Waals surface area contributed by atoms with Gasteiger partial charge in [-0.05, 0) is 13.0 Å². The molecule has 0 aromatic heterocycles. The van der Waals surface area contributed by atoms with Crippen LogP contribution in [0.2, 0.25) is 0 Å². The fraction of sp³-hybridized carbons (Fsp3) is 0.364. The summed E-state index contributed by atoms with van der Waals surface area (Å²) >= 11 is 0. The van der Waals surface area contributed by atoms with Crippen LogP contribution in [0.15, 0.2) is 18.2 Å². The molecule has 1 amide bonds. The topological polar surface area (TPSA) is 102 Å². The van der Waals surface area contributed by atoms with E-state index in [0.29, 0.717) is 0 Å². The minimum absolute atomic E-state index is 0.0962. The Bertz CT molecular complexity index is 459. The monoisotopic (exact) mass is 254 g/mol. The van der Waals surface area contributed by atoms with Crippen molar-refractivity contribution in [2.45, 2.75) is 13.0 Å². The minimum Gasteiger partial charge on any atom is -0.496 e. The number of hydrogen-bond donors (Lipinski definition) is 2. The van der Waals surface area contributed by atoms with Crippen LogP contribution in [0.5, 0.6) is 5.75 Å². The molecule has 0 bridgehead atoms. The van der Waals surface area contributed by atoms with E-state index in [9.17, 15) is 14.9 Å². The van der Waals surface area contributed by atoms with Crippen LogP contribution in [0.1, 0.15) is 17.3 Å². The summed E-state index contributed by atoms with van der Waals surface area (Å²) < 4.78 is 4.94. The van der Waals surface area contributed by atoms with E-state index in [1.807, 2.05) is 0 Å². The van der Waals surface area contributed by atoms with E-state index in [1.165, 1.54) is 32.2 Å². The van der Waals surface area contributed by atoms with Gasteiger partial charge in [-0.3, -0.25) is 14.9 Å². The normalized spacial score (nSPS) is 11.7. The Morgan fingerprint density at radius 1 is 1.61 bits per heavy atom. The molecule has 7 nitrogen and oxygen atoms in total. The van der Waals surface area contributed by atoms with Crippen LogP contribution in [0, 0.1) is 10.1 Å². The first-order valence-corrected chi connectivity index (χ1v) is 5.24. The van der Waals surface area contributed by atoms with Gasteiger partial charge in [0.05, 0.1) is 29.8 Å². The first-order valence-electron chi connectivity index (χ1n) is 5.24. The highest BCUT2D eigenvalue weighted by atomic mass is 16.6. The number of nitro benzene ring substituents is 1. The Kier molecular flexibility index (Phi) is 4.61. The van der Waals surface area contributed by atoms with Gasteiger partial charge in [0.2, 0.25) is 0 Å². The fourth-order valence-electron chi connectivity index (χ4n) is 1.32. The number of carbonyl (C=O) groups is 1. The summed E-state index contributed by atoms with van der Waals surface area (Å²) in [5.41, 5.74) is 0.0303. The first kappa shape index (κ1) is 13.9. The number of hydrogen-bond acceptors (Lipinski definition) is 5. The number of nitrogens with zero attached hydrogens (tertiary/aromatic N) is 1. The molecule has 0 radical (unpaired) electrons. The number of nitrogens with one attached hydrogen (secondary N) is 1. The molecule has 0 aliphatic rings. The Labute approximate surface area is 104 Å². The van der Waals surface area contributed by atoms with Crippen LogP contribution in [-0.2, 0) is 0 Å². The van der Waals surface area contributed by atoms with Gasteiger partial charge in [0.15, 0.2) is 0 Å². The molecule has 0 unspecified atom stereocenters. The van der Waals surface area contributed by atoms with Gasteiger partial charge in [-0.25, -0.2) is 0 Å². The third kappa shape index (κ3) is 3.42. The number of carbonyl (C=O) groups excluding carboxylic acids is 1. The van der Waals surface area contributed by atoms with E-state index in [0.717, 1.165) is 0 Å². The van der Waals surface area contributed by atoms with Crippen molar-refractivity contribution in [3.05, 3.63) is 33.9 Å². The second-order valence-corrected chi connectivity index (χ2v) is 3.70. The number of ether oxygens (including phenoxy) is 1. The second kappa shape index (κ2) is 5.97. The molecule has 18 heavy (non-hydrogen) atoms. The van der Waals surface area contributed by atoms with E-state index in [2.05, 4.69) is 5.32 Å². The summed E-state index contributed by atoms with van der Waals surface area (Å²) in [6.07, 6.45) is -0.669. The van der Waals surface area contributed by atoms with E-state index < -0.39 is 16.9 Å². The van der Waals surface area contributed by atoms with Crippen molar-refractivity contribution < 1.29 is 19.6 Å². The number of rotatable bonds is 5. The lowest BCUT2D eigenvalue weighted by Crippen LogP contribution is -2.30. The van der Waals surface area contributed by atoms with Crippen molar-refractivity contribution >= 4 is 11.6 Å². The second-order valence-electron chi connectivity index (χ2n) is 3.70. The van der Waals surface area contributed by atoms with Crippen molar-refractivity contribution in [1.82, 2.24) is 5.32 Å². The number of nitro groups is 1. The highest BCUT2D eigenvalue weighted by Crippen LogP contribution is 2.24. The molecule has 0 aliphatic carbocycles. The molecule has 98 valence electrons. The molecule has 0 saturated heterocycles. The zero-order chi connectivity index (χ0) is 13.7. The van der Waals surface area contributed by atoms with Gasteiger partial charge >= 0.3 is 0 Å². The Morgan fingerprint density at radius 3 is 2.78 bits per heavy atom. The molecular weight excluding hydrogens is 240 g/mol. The molecular formula is C11H14N2O5. The summed E-state index contributed by atoms with van der Waals surface area (Å²) in [5, 5.41) is 22.1. The van der Waals surface area contributed by atoms with Gasteiger partial charge in [-0.2, -0.15) is 0 Å². The maximum atomic E-state index is 11.7. The maximum Gasteiger partial charge on any atom is 0.273 e. The molecule has 0 aliphatic heterocycles. The summed E-state index contributed by atoms with van der Waals surface area (Å²) in [5.74, 6) is -0.338. The van der Waals surface area contributed by atoms with Crippen LogP contribution >= 0.6 is 0 Å². The van der Waals surface area contributed by atoms with Crippen molar-refractivity contribution in [3.8, 4) is 5.75 Å². The predicted octanol–water partition coefficient (Wildman–Crippen LogP) is 0.714. The lowest BCUT2D eigenvalue weighted by Gasteiger charge is -2.10. The van der Waals surface area contributed by atoms with Gasteiger partial charge < -0.3 is 15.2 Å². The van der Waals surface area contributed by atoms with Gasteiger partial charge in [-0.15, -0.1) is 0 Å². The minimum atomic E-state index is -0.669. The number of benzene rings is 1. The smallest absolute Gasteiger partial charge is 0.273 e. The van der Waals surface area contributed by atoms with E-state index >= 15 is 0 Å². The standard InChI is InChI=1S/C11H14N2O5/c1-7(14)6-12-11(15)9-4-3-8(13(16)17)5-10(9)18-2/h3-5,7,14H,6H2,1-2H3,(H,12,15)/t7-/m1/s1. The van der Waals surface area contributed by atoms with Crippen LogP contribution in [0.4, 0.5) is 5.69 Å². The molecule has 1 atom stereocenters. The lowest BCUT2D eigenvalue weighted by atomic mass is 10.1.